The van der Waals surface area contributed by atoms with Gasteiger partial charge in [-0.3, -0.25) is 0 Å². The van der Waals surface area contributed by atoms with Crippen LogP contribution in [0, 0.1) is 19.3 Å². The van der Waals surface area contributed by atoms with E-state index >= 15 is 0 Å². The molecule has 0 amide bonds. The molecule has 0 atom stereocenters. The summed E-state index contributed by atoms with van der Waals surface area (Å²) in [5.41, 5.74) is 0.908. The molecule has 4 heteroatoms. The largest absolute Gasteiger partial charge is 0.243 e. The van der Waals surface area contributed by atoms with Crippen molar-refractivity contribution in [3.63, 3.8) is 0 Å². The maximum Gasteiger partial charge on any atom is 0.243 e. The number of hydrogen-bond donors (Lipinski definition) is 0. The van der Waals surface area contributed by atoms with E-state index in [-0.39, 0.29) is 11.4 Å². The predicted octanol–water partition coefficient (Wildman–Crippen LogP) is 1.25. The highest BCUT2D eigenvalue weighted by atomic mass is 32.2. The minimum Gasteiger partial charge on any atom is -0.207 e. The average molecular weight is 223 g/mol. The molecule has 0 aliphatic carbocycles. The van der Waals surface area contributed by atoms with Crippen molar-refractivity contribution in [3.05, 3.63) is 29.8 Å². The Kier molecular flexibility index (Phi) is 3.51. The van der Waals surface area contributed by atoms with E-state index in [2.05, 4.69) is 5.92 Å². The quantitative estimate of drug-likeness (QED) is 0.723. The summed E-state index contributed by atoms with van der Waals surface area (Å²) >= 11 is 0. The number of benzene rings is 1. The Labute approximate surface area is 90.8 Å². The van der Waals surface area contributed by atoms with E-state index in [1.165, 1.54) is 7.05 Å². The van der Waals surface area contributed by atoms with E-state index in [0.717, 1.165) is 9.87 Å². The van der Waals surface area contributed by atoms with Crippen molar-refractivity contribution in [2.24, 2.45) is 0 Å². The Morgan fingerprint density at radius 2 is 2.13 bits per heavy atom. The Bertz CT molecular complexity index is 486. The smallest absolute Gasteiger partial charge is 0.207 e. The molecular formula is C11H13NO2S. The van der Waals surface area contributed by atoms with E-state index in [9.17, 15) is 8.42 Å². The number of nitrogens with zero attached hydrogens (tertiary/aromatic N) is 1. The molecule has 0 heterocycles. The highest BCUT2D eigenvalue weighted by molar-refractivity contribution is 7.89. The van der Waals surface area contributed by atoms with Crippen molar-refractivity contribution in [1.29, 1.82) is 0 Å². The van der Waals surface area contributed by atoms with Gasteiger partial charge in [-0.05, 0) is 24.6 Å². The van der Waals surface area contributed by atoms with Crippen LogP contribution < -0.4 is 0 Å². The Morgan fingerprint density at radius 3 is 2.67 bits per heavy atom. The molecule has 1 aromatic rings. The second kappa shape index (κ2) is 4.47. The SMILES string of the molecule is C#CCN(C)S(=O)(=O)c1cccc(C)c1. The number of hydrogen-bond acceptors (Lipinski definition) is 2. The van der Waals surface area contributed by atoms with E-state index in [1.807, 2.05) is 13.0 Å². The highest BCUT2D eigenvalue weighted by Gasteiger charge is 2.19. The van der Waals surface area contributed by atoms with Gasteiger partial charge in [0.25, 0.3) is 0 Å². The molecule has 0 unspecified atom stereocenters. The van der Waals surface area contributed by atoms with Crippen LogP contribution in [0.15, 0.2) is 29.2 Å². The van der Waals surface area contributed by atoms with Crippen LogP contribution in [0.2, 0.25) is 0 Å². The van der Waals surface area contributed by atoms with E-state index in [4.69, 9.17) is 6.42 Å². The standard InChI is InChI=1S/C11H13NO2S/c1-4-8-12(3)15(13,14)11-7-5-6-10(2)9-11/h1,5-7,9H,8H2,2-3H3. The number of sulfonamides is 1. The van der Waals surface area contributed by atoms with Crippen LogP contribution in [0.3, 0.4) is 0 Å². The maximum absolute atomic E-state index is 11.9. The third-order valence-corrected chi connectivity index (χ3v) is 3.81. The van der Waals surface area contributed by atoms with Crippen LogP contribution in [0.4, 0.5) is 0 Å². The van der Waals surface area contributed by atoms with Gasteiger partial charge in [0, 0.05) is 7.05 Å². The third-order valence-electron chi connectivity index (χ3n) is 2.01. The molecular weight excluding hydrogens is 210 g/mol. The molecule has 15 heavy (non-hydrogen) atoms. The minimum atomic E-state index is -3.43. The second-order valence-corrected chi connectivity index (χ2v) is 5.33. The summed E-state index contributed by atoms with van der Waals surface area (Å²) in [4.78, 5) is 0.278. The summed E-state index contributed by atoms with van der Waals surface area (Å²) in [6.07, 6.45) is 5.08. The Balaban J connectivity index is 3.13. The van der Waals surface area contributed by atoms with Crippen LogP contribution in [-0.2, 0) is 10.0 Å². The van der Waals surface area contributed by atoms with Gasteiger partial charge in [0.2, 0.25) is 10.0 Å². The normalized spacial score (nSPS) is 11.3. The molecule has 0 radical (unpaired) electrons. The first-order valence-corrected chi connectivity index (χ1v) is 5.89. The molecule has 1 rings (SSSR count). The van der Waals surface area contributed by atoms with E-state index < -0.39 is 10.0 Å². The zero-order valence-corrected chi connectivity index (χ0v) is 9.58. The lowest BCUT2D eigenvalue weighted by Gasteiger charge is -2.14. The fraction of sp³-hybridized carbons (Fsp3) is 0.273. The van der Waals surface area contributed by atoms with Crippen LogP contribution >= 0.6 is 0 Å². The van der Waals surface area contributed by atoms with Crippen LogP contribution in [-0.4, -0.2) is 26.3 Å². The zero-order valence-electron chi connectivity index (χ0n) is 8.77. The topological polar surface area (TPSA) is 37.4 Å². The number of rotatable bonds is 3. The average Bonchev–Trinajstić information content (AvgIpc) is 2.18. The summed E-state index contributed by atoms with van der Waals surface area (Å²) in [7, 11) is -1.96. The van der Waals surface area contributed by atoms with Crippen molar-refractivity contribution in [2.45, 2.75) is 11.8 Å². The summed E-state index contributed by atoms with van der Waals surface area (Å²) in [6, 6.07) is 6.75. The molecule has 0 saturated heterocycles. The first-order chi connectivity index (χ1) is 6.98. The van der Waals surface area contributed by atoms with Crippen LogP contribution in [0.5, 0.6) is 0 Å². The van der Waals surface area contributed by atoms with Crippen molar-refractivity contribution in [3.8, 4) is 12.3 Å². The zero-order chi connectivity index (χ0) is 11.5. The van der Waals surface area contributed by atoms with Gasteiger partial charge < -0.3 is 0 Å². The minimum absolute atomic E-state index is 0.0796. The van der Waals surface area contributed by atoms with Gasteiger partial charge >= 0.3 is 0 Å². The summed E-state index contributed by atoms with van der Waals surface area (Å²) < 4.78 is 25.0. The molecule has 0 bridgehead atoms. The molecule has 0 aromatic heterocycles. The highest BCUT2D eigenvalue weighted by Crippen LogP contribution is 2.14. The molecule has 0 aliphatic rings. The van der Waals surface area contributed by atoms with Gasteiger partial charge in [-0.1, -0.05) is 18.1 Å². The van der Waals surface area contributed by atoms with Gasteiger partial charge in [0.15, 0.2) is 0 Å². The molecule has 0 N–H and O–H groups in total. The number of terminal acetylenes is 1. The lowest BCUT2D eigenvalue weighted by atomic mass is 10.2. The fourth-order valence-corrected chi connectivity index (χ4v) is 2.36. The van der Waals surface area contributed by atoms with Gasteiger partial charge in [0.1, 0.15) is 0 Å². The molecule has 0 fully saturated rings. The first kappa shape index (κ1) is 11.8. The van der Waals surface area contributed by atoms with Crippen molar-refractivity contribution >= 4 is 10.0 Å². The lowest BCUT2D eigenvalue weighted by Crippen LogP contribution is -2.27. The second-order valence-electron chi connectivity index (χ2n) is 3.28. The van der Waals surface area contributed by atoms with Crippen LogP contribution in [0.1, 0.15) is 5.56 Å². The summed E-state index contributed by atoms with van der Waals surface area (Å²) in [5, 5.41) is 0. The van der Waals surface area contributed by atoms with Gasteiger partial charge in [-0.2, -0.15) is 4.31 Å². The van der Waals surface area contributed by atoms with E-state index in [1.54, 1.807) is 18.2 Å². The van der Waals surface area contributed by atoms with Gasteiger partial charge in [-0.15, -0.1) is 6.42 Å². The number of aryl methyl sites for hydroxylation is 1. The molecule has 0 saturated carbocycles. The summed E-state index contributed by atoms with van der Waals surface area (Å²) in [6.45, 7) is 1.93. The van der Waals surface area contributed by atoms with Crippen molar-refractivity contribution < 1.29 is 8.42 Å². The van der Waals surface area contributed by atoms with Gasteiger partial charge in [-0.25, -0.2) is 8.42 Å². The molecule has 3 nitrogen and oxygen atoms in total. The van der Waals surface area contributed by atoms with Crippen molar-refractivity contribution in [1.82, 2.24) is 4.31 Å². The van der Waals surface area contributed by atoms with E-state index in [0.29, 0.717) is 0 Å². The first-order valence-electron chi connectivity index (χ1n) is 4.45. The van der Waals surface area contributed by atoms with Crippen LogP contribution in [0.25, 0.3) is 0 Å². The van der Waals surface area contributed by atoms with Gasteiger partial charge in [0.05, 0.1) is 11.4 Å². The fourth-order valence-electron chi connectivity index (χ4n) is 1.17. The molecule has 0 aliphatic heterocycles. The third kappa shape index (κ3) is 2.58. The molecule has 80 valence electrons. The lowest BCUT2D eigenvalue weighted by molar-refractivity contribution is 0.503. The summed E-state index contributed by atoms with van der Waals surface area (Å²) in [5.74, 6) is 2.30. The molecule has 0 spiro atoms. The van der Waals surface area contributed by atoms with Crippen molar-refractivity contribution in [2.75, 3.05) is 13.6 Å². The Morgan fingerprint density at radius 1 is 1.47 bits per heavy atom. The maximum atomic E-state index is 11.9. The predicted molar refractivity (Wildman–Crippen MR) is 59.8 cm³/mol. The Hall–Kier alpha value is -1.31. The molecule has 1 aromatic carbocycles. The monoisotopic (exact) mass is 223 g/mol.